The van der Waals surface area contributed by atoms with Crippen LogP contribution in [-0.4, -0.2) is 5.88 Å². The quantitative estimate of drug-likeness (QED) is 0.649. The molecule has 0 radical (unpaired) electrons. The van der Waals surface area contributed by atoms with Crippen molar-refractivity contribution in [3.05, 3.63) is 48.0 Å². The normalized spacial score (nSPS) is 12.8. The number of hydrogen-bond donors (Lipinski definition) is 0. The molecule has 0 spiro atoms. The fourth-order valence-corrected chi connectivity index (χ4v) is 2.69. The SMILES string of the molecule is CCCC(CCl)Cc1cccc2ccccc12. The van der Waals surface area contributed by atoms with Gasteiger partial charge in [0.15, 0.2) is 0 Å². The number of fused-ring (bicyclic) bond motifs is 1. The molecule has 0 heterocycles. The van der Waals surface area contributed by atoms with Gasteiger partial charge in [0.1, 0.15) is 0 Å². The molecule has 1 atom stereocenters. The number of rotatable bonds is 5. The molecule has 0 saturated heterocycles. The summed E-state index contributed by atoms with van der Waals surface area (Å²) in [5.74, 6) is 1.37. The number of hydrogen-bond acceptors (Lipinski definition) is 0. The first-order chi connectivity index (χ1) is 8.35. The minimum Gasteiger partial charge on any atom is -0.126 e. The lowest BCUT2D eigenvalue weighted by Gasteiger charge is -2.14. The molecule has 0 aliphatic heterocycles. The van der Waals surface area contributed by atoms with Gasteiger partial charge in [-0.2, -0.15) is 0 Å². The zero-order valence-electron chi connectivity index (χ0n) is 10.3. The molecule has 1 unspecified atom stereocenters. The molecule has 0 nitrogen and oxygen atoms in total. The second-order valence-corrected chi connectivity index (χ2v) is 4.96. The summed E-state index contributed by atoms with van der Waals surface area (Å²) in [5, 5.41) is 2.70. The Hall–Kier alpha value is -1.01. The molecule has 1 heteroatoms. The van der Waals surface area contributed by atoms with Gasteiger partial charge in [-0.25, -0.2) is 0 Å². The van der Waals surface area contributed by atoms with Crippen LogP contribution in [0.1, 0.15) is 25.3 Å². The summed E-state index contributed by atoms with van der Waals surface area (Å²) < 4.78 is 0. The highest BCUT2D eigenvalue weighted by molar-refractivity contribution is 6.18. The van der Waals surface area contributed by atoms with Crippen molar-refractivity contribution in [1.29, 1.82) is 0 Å². The van der Waals surface area contributed by atoms with E-state index in [1.165, 1.54) is 29.2 Å². The average molecular weight is 247 g/mol. The van der Waals surface area contributed by atoms with Crippen LogP contribution in [0.25, 0.3) is 10.8 Å². The first-order valence-corrected chi connectivity index (χ1v) is 6.91. The van der Waals surface area contributed by atoms with Crippen LogP contribution in [0.5, 0.6) is 0 Å². The van der Waals surface area contributed by atoms with Crippen molar-refractivity contribution in [3.8, 4) is 0 Å². The maximum absolute atomic E-state index is 6.05. The van der Waals surface area contributed by atoms with Gasteiger partial charge in [0.2, 0.25) is 0 Å². The highest BCUT2D eigenvalue weighted by atomic mass is 35.5. The minimum atomic E-state index is 0.604. The standard InChI is InChI=1S/C16H19Cl/c1-2-6-13(12-17)11-15-9-5-8-14-7-3-4-10-16(14)15/h3-5,7-10,13H,2,6,11-12H2,1H3. The summed E-state index contributed by atoms with van der Waals surface area (Å²) in [6.45, 7) is 2.22. The van der Waals surface area contributed by atoms with Gasteiger partial charge < -0.3 is 0 Å². The molecule has 2 rings (SSSR count). The van der Waals surface area contributed by atoms with E-state index in [1.807, 2.05) is 0 Å². The van der Waals surface area contributed by atoms with Crippen molar-refractivity contribution in [2.24, 2.45) is 5.92 Å². The minimum absolute atomic E-state index is 0.604. The molecule has 0 N–H and O–H groups in total. The summed E-state index contributed by atoms with van der Waals surface area (Å²) in [6, 6.07) is 15.1. The van der Waals surface area contributed by atoms with Gasteiger partial charge in [0.25, 0.3) is 0 Å². The molecule has 0 aromatic heterocycles. The van der Waals surface area contributed by atoms with E-state index >= 15 is 0 Å². The van der Waals surface area contributed by atoms with E-state index in [2.05, 4.69) is 49.4 Å². The smallest absolute Gasteiger partial charge is 0.0254 e. The number of halogens is 1. The van der Waals surface area contributed by atoms with Crippen LogP contribution in [0.15, 0.2) is 42.5 Å². The maximum atomic E-state index is 6.05. The summed E-state index contributed by atoms with van der Waals surface area (Å²) in [4.78, 5) is 0. The van der Waals surface area contributed by atoms with E-state index in [0.29, 0.717) is 5.92 Å². The summed E-state index contributed by atoms with van der Waals surface area (Å²) in [5.41, 5.74) is 1.43. The summed E-state index contributed by atoms with van der Waals surface area (Å²) in [7, 11) is 0. The van der Waals surface area contributed by atoms with E-state index < -0.39 is 0 Å². The largest absolute Gasteiger partial charge is 0.126 e. The van der Waals surface area contributed by atoms with Gasteiger partial charge in [-0.15, -0.1) is 11.6 Å². The van der Waals surface area contributed by atoms with Crippen molar-refractivity contribution in [3.63, 3.8) is 0 Å². The van der Waals surface area contributed by atoms with Gasteiger partial charge >= 0.3 is 0 Å². The van der Waals surface area contributed by atoms with Crippen LogP contribution < -0.4 is 0 Å². The van der Waals surface area contributed by atoms with E-state index in [1.54, 1.807) is 0 Å². The summed E-state index contributed by atoms with van der Waals surface area (Å²) in [6.07, 6.45) is 3.52. The van der Waals surface area contributed by atoms with E-state index in [9.17, 15) is 0 Å². The lowest BCUT2D eigenvalue weighted by atomic mass is 9.93. The zero-order chi connectivity index (χ0) is 12.1. The lowest BCUT2D eigenvalue weighted by Crippen LogP contribution is -2.06. The van der Waals surface area contributed by atoms with E-state index in [0.717, 1.165) is 12.3 Å². The Morgan fingerprint density at radius 2 is 1.82 bits per heavy atom. The first-order valence-electron chi connectivity index (χ1n) is 6.37. The van der Waals surface area contributed by atoms with Crippen molar-refractivity contribution >= 4 is 22.4 Å². The Morgan fingerprint density at radius 3 is 2.59 bits per heavy atom. The Kier molecular flexibility index (Phi) is 4.44. The predicted molar refractivity (Wildman–Crippen MR) is 76.8 cm³/mol. The van der Waals surface area contributed by atoms with Crippen LogP contribution in [0.2, 0.25) is 0 Å². The Labute approximate surface area is 109 Å². The number of alkyl halides is 1. The molecule has 0 bridgehead atoms. The number of benzene rings is 2. The fraction of sp³-hybridized carbons (Fsp3) is 0.375. The average Bonchev–Trinajstić information content (AvgIpc) is 2.38. The van der Waals surface area contributed by atoms with E-state index in [4.69, 9.17) is 11.6 Å². The molecule has 0 aliphatic rings. The predicted octanol–water partition coefficient (Wildman–Crippen LogP) is 5.04. The highest BCUT2D eigenvalue weighted by Crippen LogP contribution is 2.23. The third-order valence-corrected chi connectivity index (χ3v) is 3.74. The maximum Gasteiger partial charge on any atom is 0.0254 e. The van der Waals surface area contributed by atoms with Crippen LogP contribution in [0.4, 0.5) is 0 Å². The first kappa shape index (κ1) is 12.4. The molecule has 0 aliphatic carbocycles. The van der Waals surface area contributed by atoms with Crippen LogP contribution in [0, 0.1) is 5.92 Å². The summed E-state index contributed by atoms with van der Waals surface area (Å²) >= 11 is 6.05. The molecule has 17 heavy (non-hydrogen) atoms. The van der Waals surface area contributed by atoms with Gasteiger partial charge in [0.05, 0.1) is 0 Å². The molecule has 2 aromatic rings. The van der Waals surface area contributed by atoms with E-state index in [-0.39, 0.29) is 0 Å². The molecule has 0 saturated carbocycles. The van der Waals surface area contributed by atoms with Crippen LogP contribution in [-0.2, 0) is 6.42 Å². The van der Waals surface area contributed by atoms with Gasteiger partial charge in [-0.1, -0.05) is 55.8 Å². The lowest BCUT2D eigenvalue weighted by molar-refractivity contribution is 0.530. The van der Waals surface area contributed by atoms with Crippen molar-refractivity contribution in [2.45, 2.75) is 26.2 Å². The molecule has 2 aromatic carbocycles. The van der Waals surface area contributed by atoms with Gasteiger partial charge in [-0.3, -0.25) is 0 Å². The topological polar surface area (TPSA) is 0 Å². The van der Waals surface area contributed by atoms with Crippen LogP contribution >= 0.6 is 11.6 Å². The Bertz CT molecular complexity index is 470. The monoisotopic (exact) mass is 246 g/mol. The van der Waals surface area contributed by atoms with Crippen molar-refractivity contribution in [2.75, 3.05) is 5.88 Å². The molecule has 0 amide bonds. The van der Waals surface area contributed by atoms with Gasteiger partial charge in [-0.05, 0) is 35.1 Å². The Balaban J connectivity index is 2.28. The van der Waals surface area contributed by atoms with Crippen molar-refractivity contribution in [1.82, 2.24) is 0 Å². The fourth-order valence-electron chi connectivity index (χ4n) is 2.42. The van der Waals surface area contributed by atoms with Gasteiger partial charge in [0, 0.05) is 5.88 Å². The van der Waals surface area contributed by atoms with Crippen molar-refractivity contribution < 1.29 is 0 Å². The third-order valence-electron chi connectivity index (χ3n) is 3.30. The molecule has 0 fully saturated rings. The highest BCUT2D eigenvalue weighted by Gasteiger charge is 2.09. The second kappa shape index (κ2) is 6.07. The van der Waals surface area contributed by atoms with Crippen LogP contribution in [0.3, 0.4) is 0 Å². The molecule has 90 valence electrons. The zero-order valence-corrected chi connectivity index (χ0v) is 11.1. The third kappa shape index (κ3) is 3.01. The molecular weight excluding hydrogens is 228 g/mol. The molecular formula is C16H19Cl. The Morgan fingerprint density at radius 1 is 1.06 bits per heavy atom. The second-order valence-electron chi connectivity index (χ2n) is 4.65.